The van der Waals surface area contributed by atoms with E-state index in [-0.39, 0.29) is 0 Å². The van der Waals surface area contributed by atoms with Gasteiger partial charge in [-0.15, -0.1) is 0 Å². The van der Waals surface area contributed by atoms with Crippen LogP contribution in [0.4, 0.5) is 4.79 Å². The lowest BCUT2D eigenvalue weighted by Gasteiger charge is -1.92. The number of hydrogen-bond acceptors (Lipinski definition) is 6. The van der Waals surface area contributed by atoms with Gasteiger partial charge in [-0.3, -0.25) is 4.84 Å². The Labute approximate surface area is 66.8 Å². The fourth-order valence-electron chi connectivity index (χ4n) is 0.227. The summed E-state index contributed by atoms with van der Waals surface area (Å²) in [5, 5.41) is 19.0. The lowest BCUT2D eigenvalue weighted by molar-refractivity contribution is -0.129. The standard InChI is InChI=1S/C5H4N2O5/c1-11-5(10)12-7-3(2-6)4(8)9/h1H3,(H,8,9)/b7-3-. The Morgan fingerprint density at radius 1 is 1.58 bits per heavy atom. The number of aliphatic carboxylic acids is 1. The molecule has 0 bridgehead atoms. The molecule has 0 spiro atoms. The second-order valence-electron chi connectivity index (χ2n) is 1.40. The normalized spacial score (nSPS) is 9.83. The minimum Gasteiger partial charge on any atom is -0.476 e. The molecule has 0 aliphatic rings. The quantitative estimate of drug-likeness (QED) is 0.266. The SMILES string of the molecule is COC(=O)O/N=C(/C#N)C(=O)O. The first kappa shape index (κ1) is 9.90. The predicted molar refractivity (Wildman–Crippen MR) is 34.2 cm³/mol. The minimum atomic E-state index is -1.58. The van der Waals surface area contributed by atoms with Gasteiger partial charge in [0.1, 0.15) is 6.07 Å². The molecule has 0 aromatic rings. The summed E-state index contributed by atoms with van der Waals surface area (Å²) in [6, 6.07) is 1.20. The highest BCUT2D eigenvalue weighted by molar-refractivity contribution is 6.42. The highest BCUT2D eigenvalue weighted by Crippen LogP contribution is 1.85. The summed E-state index contributed by atoms with van der Waals surface area (Å²) < 4.78 is 3.95. The van der Waals surface area contributed by atoms with Crippen LogP contribution in [0.5, 0.6) is 0 Å². The second kappa shape index (κ2) is 4.68. The zero-order chi connectivity index (χ0) is 9.56. The molecule has 0 aromatic heterocycles. The van der Waals surface area contributed by atoms with E-state index in [0.29, 0.717) is 0 Å². The van der Waals surface area contributed by atoms with E-state index in [1.807, 2.05) is 0 Å². The van der Waals surface area contributed by atoms with E-state index in [9.17, 15) is 9.59 Å². The zero-order valence-electron chi connectivity index (χ0n) is 5.97. The summed E-state index contributed by atoms with van der Waals surface area (Å²) in [6.07, 6.45) is -1.19. The third-order valence-corrected chi connectivity index (χ3v) is 0.687. The van der Waals surface area contributed by atoms with E-state index >= 15 is 0 Å². The average Bonchev–Trinajstić information content (AvgIpc) is 2.04. The first-order chi connectivity index (χ1) is 5.61. The van der Waals surface area contributed by atoms with Gasteiger partial charge in [0.15, 0.2) is 0 Å². The van der Waals surface area contributed by atoms with Gasteiger partial charge in [-0.05, 0) is 0 Å². The van der Waals surface area contributed by atoms with Crippen LogP contribution in [-0.4, -0.2) is 30.1 Å². The van der Waals surface area contributed by atoms with E-state index in [2.05, 4.69) is 14.7 Å². The van der Waals surface area contributed by atoms with Crippen molar-refractivity contribution in [2.75, 3.05) is 7.11 Å². The van der Waals surface area contributed by atoms with Crippen molar-refractivity contribution in [2.45, 2.75) is 0 Å². The number of carbonyl (C=O) groups is 2. The molecule has 7 nitrogen and oxygen atoms in total. The molecule has 0 amide bonds. The van der Waals surface area contributed by atoms with Crippen molar-refractivity contribution in [3.8, 4) is 6.07 Å². The molecule has 12 heavy (non-hydrogen) atoms. The van der Waals surface area contributed by atoms with Gasteiger partial charge in [0, 0.05) is 0 Å². The molecule has 0 saturated heterocycles. The summed E-state index contributed by atoms with van der Waals surface area (Å²) in [4.78, 5) is 24.1. The maximum atomic E-state index is 10.2. The number of nitriles is 1. The molecule has 0 radical (unpaired) electrons. The number of ether oxygens (including phenoxy) is 1. The van der Waals surface area contributed by atoms with Crippen molar-refractivity contribution in [1.82, 2.24) is 0 Å². The van der Waals surface area contributed by atoms with Gasteiger partial charge >= 0.3 is 12.1 Å². The van der Waals surface area contributed by atoms with Crippen molar-refractivity contribution in [3.05, 3.63) is 0 Å². The Hall–Kier alpha value is -2.10. The molecule has 0 fully saturated rings. The third kappa shape index (κ3) is 3.17. The van der Waals surface area contributed by atoms with Gasteiger partial charge in [0.25, 0.3) is 5.71 Å². The van der Waals surface area contributed by atoms with E-state index in [1.165, 1.54) is 6.07 Å². The molecule has 0 rings (SSSR count). The number of rotatable bonds is 2. The monoisotopic (exact) mass is 172 g/mol. The minimum absolute atomic E-state index is 0.930. The molecule has 0 atom stereocenters. The number of nitrogens with zero attached hydrogens (tertiary/aromatic N) is 2. The van der Waals surface area contributed by atoms with E-state index in [1.54, 1.807) is 0 Å². The van der Waals surface area contributed by atoms with Gasteiger partial charge in [-0.25, -0.2) is 9.59 Å². The molecule has 0 saturated carbocycles. The fraction of sp³-hybridized carbons (Fsp3) is 0.200. The van der Waals surface area contributed by atoms with Gasteiger partial charge in [-0.2, -0.15) is 5.26 Å². The Morgan fingerprint density at radius 3 is 2.50 bits per heavy atom. The molecule has 0 heterocycles. The number of methoxy groups -OCH3 is 1. The maximum Gasteiger partial charge on any atom is 0.534 e. The molecule has 1 N–H and O–H groups in total. The molecule has 64 valence electrons. The smallest absolute Gasteiger partial charge is 0.476 e. The van der Waals surface area contributed by atoms with Crippen LogP contribution < -0.4 is 0 Å². The predicted octanol–water partition coefficient (Wildman–Crippen LogP) is -0.266. The van der Waals surface area contributed by atoms with E-state index in [0.717, 1.165) is 7.11 Å². The maximum absolute atomic E-state index is 10.2. The third-order valence-electron chi connectivity index (χ3n) is 0.687. The summed E-state index contributed by atoms with van der Waals surface area (Å²) in [6.45, 7) is 0. The molecular weight excluding hydrogens is 168 g/mol. The molecule has 0 aromatic carbocycles. The molecule has 0 aliphatic heterocycles. The average molecular weight is 172 g/mol. The van der Waals surface area contributed by atoms with Crippen LogP contribution in [0.2, 0.25) is 0 Å². The molecule has 0 aliphatic carbocycles. The highest BCUT2D eigenvalue weighted by atomic mass is 16.8. The Balaban J connectivity index is 4.25. The van der Waals surface area contributed by atoms with Gasteiger partial charge in [0.2, 0.25) is 0 Å². The zero-order valence-corrected chi connectivity index (χ0v) is 5.97. The second-order valence-corrected chi connectivity index (χ2v) is 1.40. The molecular formula is C5H4N2O5. The summed E-state index contributed by atoms with van der Waals surface area (Å²) in [5.74, 6) is -1.58. The summed E-state index contributed by atoms with van der Waals surface area (Å²) in [5.41, 5.74) is -0.930. The molecule has 0 unspecified atom stereocenters. The first-order valence-electron chi connectivity index (χ1n) is 2.58. The fourth-order valence-corrected chi connectivity index (χ4v) is 0.227. The van der Waals surface area contributed by atoms with Crippen LogP contribution in [0.15, 0.2) is 5.16 Å². The van der Waals surface area contributed by atoms with Crippen LogP contribution in [0.1, 0.15) is 0 Å². The van der Waals surface area contributed by atoms with Crippen LogP contribution in [-0.2, 0) is 14.4 Å². The first-order valence-corrected chi connectivity index (χ1v) is 2.58. The van der Waals surface area contributed by atoms with E-state index in [4.69, 9.17) is 10.4 Å². The van der Waals surface area contributed by atoms with Crippen molar-refractivity contribution >= 4 is 17.8 Å². The Kier molecular flexibility index (Phi) is 3.86. The van der Waals surface area contributed by atoms with E-state index < -0.39 is 17.8 Å². The number of hydrogen-bond donors (Lipinski definition) is 1. The van der Waals surface area contributed by atoms with Crippen molar-refractivity contribution in [3.63, 3.8) is 0 Å². The van der Waals surface area contributed by atoms with Crippen molar-refractivity contribution < 1.29 is 24.3 Å². The number of carboxylic acid groups (broad SMARTS) is 1. The van der Waals surface area contributed by atoms with Crippen molar-refractivity contribution in [1.29, 1.82) is 5.26 Å². The number of carboxylic acids is 1. The highest BCUT2D eigenvalue weighted by Gasteiger charge is 2.10. The van der Waals surface area contributed by atoms with Crippen molar-refractivity contribution in [2.24, 2.45) is 5.16 Å². The van der Waals surface area contributed by atoms with Crippen LogP contribution >= 0.6 is 0 Å². The lowest BCUT2D eigenvalue weighted by atomic mass is 10.4. The van der Waals surface area contributed by atoms with Gasteiger partial charge < -0.3 is 9.84 Å². The van der Waals surface area contributed by atoms with Gasteiger partial charge in [0.05, 0.1) is 7.11 Å². The van der Waals surface area contributed by atoms with Crippen LogP contribution in [0.3, 0.4) is 0 Å². The number of carbonyl (C=O) groups excluding carboxylic acids is 1. The molecule has 7 heteroatoms. The summed E-state index contributed by atoms with van der Waals surface area (Å²) >= 11 is 0. The van der Waals surface area contributed by atoms with Gasteiger partial charge in [-0.1, -0.05) is 5.16 Å². The van der Waals surface area contributed by atoms with Crippen LogP contribution in [0.25, 0.3) is 0 Å². The summed E-state index contributed by atoms with van der Waals surface area (Å²) in [7, 11) is 1.02. The number of oxime groups is 1. The largest absolute Gasteiger partial charge is 0.534 e. The van der Waals surface area contributed by atoms with Crippen LogP contribution in [0, 0.1) is 11.3 Å². The Morgan fingerprint density at radius 2 is 2.17 bits per heavy atom. The lowest BCUT2D eigenvalue weighted by Crippen LogP contribution is -2.12. The topological polar surface area (TPSA) is 109 Å². The Bertz CT molecular complexity index is 264.